The van der Waals surface area contributed by atoms with E-state index in [9.17, 15) is 0 Å². The second-order valence-corrected chi connectivity index (χ2v) is 5.69. The molecule has 0 unspecified atom stereocenters. The van der Waals surface area contributed by atoms with Crippen LogP contribution >= 0.6 is 0 Å². The first-order chi connectivity index (χ1) is 6.87. The summed E-state index contributed by atoms with van der Waals surface area (Å²) in [5.41, 5.74) is 0.226. The van der Waals surface area contributed by atoms with Crippen molar-refractivity contribution in [2.75, 3.05) is 26.2 Å². The Balaban J connectivity index is 2.21. The van der Waals surface area contributed by atoms with Gasteiger partial charge < -0.3 is 10.1 Å². The van der Waals surface area contributed by atoms with Crippen LogP contribution in [0, 0.1) is 0 Å². The predicted octanol–water partition coefficient (Wildman–Crippen LogP) is 1.48. The largest absolute Gasteiger partial charge is 0.373 e. The van der Waals surface area contributed by atoms with Crippen molar-refractivity contribution in [3.63, 3.8) is 0 Å². The van der Waals surface area contributed by atoms with E-state index in [1.165, 1.54) is 0 Å². The molecule has 1 aliphatic rings. The van der Waals surface area contributed by atoms with Crippen LogP contribution in [-0.2, 0) is 4.74 Å². The molecule has 1 N–H and O–H groups in total. The smallest absolute Gasteiger partial charge is 0.0678 e. The molecule has 0 aromatic carbocycles. The lowest BCUT2D eigenvalue weighted by Gasteiger charge is -2.35. The fourth-order valence-electron chi connectivity index (χ4n) is 2.06. The van der Waals surface area contributed by atoms with Crippen LogP contribution in [0.2, 0.25) is 0 Å². The Morgan fingerprint density at radius 1 is 1.20 bits per heavy atom. The Bertz CT molecular complexity index is 179. The molecule has 0 aromatic heterocycles. The maximum Gasteiger partial charge on any atom is 0.0678 e. The molecule has 90 valence electrons. The van der Waals surface area contributed by atoms with Crippen LogP contribution in [0.1, 0.15) is 34.6 Å². The Kier molecular flexibility index (Phi) is 4.56. The zero-order valence-corrected chi connectivity index (χ0v) is 10.8. The van der Waals surface area contributed by atoms with E-state index >= 15 is 0 Å². The molecule has 0 amide bonds. The van der Waals surface area contributed by atoms with E-state index in [0.29, 0.717) is 12.2 Å². The normalized spacial score (nSPS) is 29.4. The number of rotatable bonds is 3. The fraction of sp³-hybridized carbons (Fsp3) is 1.00. The van der Waals surface area contributed by atoms with E-state index in [1.807, 2.05) is 0 Å². The van der Waals surface area contributed by atoms with Crippen LogP contribution in [0.15, 0.2) is 0 Å². The first kappa shape index (κ1) is 12.9. The van der Waals surface area contributed by atoms with Gasteiger partial charge in [-0.2, -0.15) is 0 Å². The van der Waals surface area contributed by atoms with E-state index < -0.39 is 0 Å². The number of nitrogens with zero attached hydrogens (tertiary/aromatic N) is 1. The molecule has 0 bridgehead atoms. The van der Waals surface area contributed by atoms with Gasteiger partial charge in [0.05, 0.1) is 12.2 Å². The van der Waals surface area contributed by atoms with E-state index in [-0.39, 0.29) is 5.54 Å². The molecule has 1 heterocycles. The monoisotopic (exact) mass is 214 g/mol. The molecular weight excluding hydrogens is 188 g/mol. The standard InChI is InChI=1S/C12H26N2O/c1-10-8-14(9-11(2)15-10)7-6-13-12(3,4)5/h10-11,13H,6-9H2,1-5H3/t10-,11+. The Hall–Kier alpha value is -0.120. The summed E-state index contributed by atoms with van der Waals surface area (Å²) in [6.45, 7) is 15.2. The number of morpholine rings is 1. The average Bonchev–Trinajstić information content (AvgIpc) is 1.99. The van der Waals surface area contributed by atoms with Crippen molar-refractivity contribution in [3.05, 3.63) is 0 Å². The van der Waals surface area contributed by atoms with Crippen LogP contribution in [-0.4, -0.2) is 48.8 Å². The van der Waals surface area contributed by atoms with Crippen molar-refractivity contribution in [1.29, 1.82) is 0 Å². The van der Waals surface area contributed by atoms with Crippen LogP contribution < -0.4 is 5.32 Å². The minimum Gasteiger partial charge on any atom is -0.373 e. The zero-order chi connectivity index (χ0) is 11.5. The molecule has 2 atom stereocenters. The van der Waals surface area contributed by atoms with Gasteiger partial charge in [-0.15, -0.1) is 0 Å². The van der Waals surface area contributed by atoms with E-state index in [2.05, 4.69) is 44.8 Å². The molecule has 0 aliphatic carbocycles. The third-order valence-electron chi connectivity index (χ3n) is 2.58. The van der Waals surface area contributed by atoms with Crippen molar-refractivity contribution in [1.82, 2.24) is 10.2 Å². The Labute approximate surface area is 94.2 Å². The lowest BCUT2D eigenvalue weighted by molar-refractivity contribution is -0.0676. The summed E-state index contributed by atoms with van der Waals surface area (Å²) < 4.78 is 5.70. The lowest BCUT2D eigenvalue weighted by atomic mass is 10.1. The van der Waals surface area contributed by atoms with Gasteiger partial charge in [0.1, 0.15) is 0 Å². The van der Waals surface area contributed by atoms with Gasteiger partial charge >= 0.3 is 0 Å². The maximum absolute atomic E-state index is 5.70. The lowest BCUT2D eigenvalue weighted by Crippen LogP contribution is -2.49. The van der Waals surface area contributed by atoms with Gasteiger partial charge in [-0.25, -0.2) is 0 Å². The number of ether oxygens (including phenoxy) is 1. The summed E-state index contributed by atoms with van der Waals surface area (Å²) in [4.78, 5) is 2.48. The molecule has 1 saturated heterocycles. The molecule has 1 aliphatic heterocycles. The van der Waals surface area contributed by atoms with Crippen LogP contribution in [0.25, 0.3) is 0 Å². The molecule has 15 heavy (non-hydrogen) atoms. The van der Waals surface area contributed by atoms with Crippen LogP contribution in [0.4, 0.5) is 0 Å². The highest BCUT2D eigenvalue weighted by Gasteiger charge is 2.21. The summed E-state index contributed by atoms with van der Waals surface area (Å²) >= 11 is 0. The number of hydrogen-bond donors (Lipinski definition) is 1. The molecule has 1 rings (SSSR count). The molecule has 0 spiro atoms. The van der Waals surface area contributed by atoms with Gasteiger partial charge in [0.2, 0.25) is 0 Å². The Morgan fingerprint density at radius 3 is 2.20 bits per heavy atom. The summed E-state index contributed by atoms with van der Waals surface area (Å²) in [7, 11) is 0. The van der Waals surface area contributed by atoms with Gasteiger partial charge in [-0.3, -0.25) is 4.90 Å². The first-order valence-electron chi connectivity index (χ1n) is 5.99. The molecule has 3 nitrogen and oxygen atoms in total. The average molecular weight is 214 g/mol. The number of hydrogen-bond acceptors (Lipinski definition) is 3. The fourth-order valence-corrected chi connectivity index (χ4v) is 2.06. The van der Waals surface area contributed by atoms with E-state index in [1.54, 1.807) is 0 Å². The zero-order valence-electron chi connectivity index (χ0n) is 10.8. The first-order valence-corrected chi connectivity index (χ1v) is 5.99. The highest BCUT2D eigenvalue weighted by Crippen LogP contribution is 2.09. The van der Waals surface area contributed by atoms with Crippen LogP contribution in [0.5, 0.6) is 0 Å². The van der Waals surface area contributed by atoms with Gasteiger partial charge in [0.15, 0.2) is 0 Å². The molecular formula is C12H26N2O. The minimum absolute atomic E-state index is 0.226. The van der Waals surface area contributed by atoms with Crippen molar-refractivity contribution < 1.29 is 4.74 Å². The van der Waals surface area contributed by atoms with Crippen molar-refractivity contribution in [3.8, 4) is 0 Å². The topological polar surface area (TPSA) is 24.5 Å². The third kappa shape index (κ3) is 5.50. The van der Waals surface area contributed by atoms with Gasteiger partial charge in [0.25, 0.3) is 0 Å². The van der Waals surface area contributed by atoms with Crippen molar-refractivity contribution in [2.24, 2.45) is 0 Å². The summed E-state index contributed by atoms with van der Waals surface area (Å²) in [5.74, 6) is 0. The molecule has 0 saturated carbocycles. The van der Waals surface area contributed by atoms with Crippen molar-refractivity contribution >= 4 is 0 Å². The maximum atomic E-state index is 5.70. The van der Waals surface area contributed by atoms with Crippen LogP contribution in [0.3, 0.4) is 0 Å². The second kappa shape index (κ2) is 5.28. The highest BCUT2D eigenvalue weighted by molar-refractivity contribution is 4.76. The van der Waals surface area contributed by atoms with Gasteiger partial charge in [-0.1, -0.05) is 0 Å². The number of nitrogens with one attached hydrogen (secondary N) is 1. The SMILES string of the molecule is C[C@@H]1CN(CCNC(C)(C)C)C[C@H](C)O1. The summed E-state index contributed by atoms with van der Waals surface area (Å²) in [5, 5.41) is 3.52. The summed E-state index contributed by atoms with van der Waals surface area (Å²) in [6.07, 6.45) is 0.756. The van der Waals surface area contributed by atoms with E-state index in [0.717, 1.165) is 26.2 Å². The summed E-state index contributed by atoms with van der Waals surface area (Å²) in [6, 6.07) is 0. The van der Waals surface area contributed by atoms with Crippen molar-refractivity contribution in [2.45, 2.75) is 52.4 Å². The third-order valence-corrected chi connectivity index (χ3v) is 2.58. The van der Waals surface area contributed by atoms with Gasteiger partial charge in [0, 0.05) is 31.7 Å². The minimum atomic E-state index is 0.226. The quantitative estimate of drug-likeness (QED) is 0.770. The molecule has 0 aromatic rings. The van der Waals surface area contributed by atoms with E-state index in [4.69, 9.17) is 4.74 Å². The Morgan fingerprint density at radius 2 is 1.73 bits per heavy atom. The predicted molar refractivity (Wildman–Crippen MR) is 64.2 cm³/mol. The second-order valence-electron chi connectivity index (χ2n) is 5.69. The molecule has 1 fully saturated rings. The van der Waals surface area contributed by atoms with Gasteiger partial charge in [-0.05, 0) is 34.6 Å². The molecule has 0 radical (unpaired) electrons. The molecule has 3 heteroatoms. The highest BCUT2D eigenvalue weighted by atomic mass is 16.5.